The molecule has 54 valence electrons. The van der Waals surface area contributed by atoms with Crippen molar-refractivity contribution in [1.29, 1.82) is 0 Å². The molecule has 0 rings (SSSR count). The molecular formula is C8H15Br. The van der Waals surface area contributed by atoms with Crippen LogP contribution in [0.15, 0.2) is 12.2 Å². The first kappa shape index (κ1) is 9.22. The van der Waals surface area contributed by atoms with E-state index in [1.54, 1.807) is 0 Å². The van der Waals surface area contributed by atoms with Gasteiger partial charge < -0.3 is 0 Å². The molecule has 0 fully saturated rings. The maximum absolute atomic E-state index is 3.33. The third kappa shape index (κ3) is 8.22. The van der Waals surface area contributed by atoms with Crippen LogP contribution in [-0.2, 0) is 0 Å². The van der Waals surface area contributed by atoms with Crippen LogP contribution in [0.25, 0.3) is 0 Å². The molecule has 0 aromatic rings. The largest absolute Gasteiger partial charge is 0.0883 e. The zero-order valence-electron chi connectivity index (χ0n) is 6.45. The van der Waals surface area contributed by atoms with Gasteiger partial charge in [-0.05, 0) is 11.8 Å². The summed E-state index contributed by atoms with van der Waals surface area (Å²) >= 11 is 3.33. The Morgan fingerprint density at radius 2 is 1.78 bits per heavy atom. The summed E-state index contributed by atoms with van der Waals surface area (Å²) in [6.45, 7) is 6.72. The van der Waals surface area contributed by atoms with E-state index in [0.29, 0.717) is 5.41 Å². The van der Waals surface area contributed by atoms with Crippen LogP contribution < -0.4 is 0 Å². The third-order valence-corrected chi connectivity index (χ3v) is 1.36. The maximum Gasteiger partial charge on any atom is 0.0212 e. The molecule has 0 nitrogen and oxygen atoms in total. The zero-order valence-corrected chi connectivity index (χ0v) is 8.03. The van der Waals surface area contributed by atoms with Gasteiger partial charge in [-0.15, -0.1) is 0 Å². The van der Waals surface area contributed by atoms with E-state index in [1.165, 1.54) is 6.42 Å². The first-order chi connectivity index (χ1) is 4.06. The molecule has 1 heteroatoms. The van der Waals surface area contributed by atoms with E-state index in [2.05, 4.69) is 48.9 Å². The zero-order chi connectivity index (χ0) is 7.33. The van der Waals surface area contributed by atoms with Crippen LogP contribution in [-0.4, -0.2) is 5.33 Å². The Morgan fingerprint density at radius 3 is 2.11 bits per heavy atom. The van der Waals surface area contributed by atoms with Crippen LogP contribution in [0, 0.1) is 5.41 Å². The van der Waals surface area contributed by atoms with Crippen LogP contribution in [0.1, 0.15) is 27.2 Å². The SMILES string of the molecule is CC(C)(C)C/C=C/CBr. The maximum atomic E-state index is 3.33. The van der Waals surface area contributed by atoms with Crippen LogP contribution in [0.2, 0.25) is 0 Å². The molecule has 0 aliphatic rings. The summed E-state index contributed by atoms with van der Waals surface area (Å²) in [4.78, 5) is 0. The van der Waals surface area contributed by atoms with E-state index in [0.717, 1.165) is 5.33 Å². The Morgan fingerprint density at radius 1 is 1.22 bits per heavy atom. The molecule has 9 heavy (non-hydrogen) atoms. The highest BCUT2D eigenvalue weighted by atomic mass is 79.9. The fourth-order valence-corrected chi connectivity index (χ4v) is 0.764. The first-order valence-electron chi connectivity index (χ1n) is 3.27. The summed E-state index contributed by atoms with van der Waals surface area (Å²) < 4.78 is 0. The second kappa shape index (κ2) is 4.10. The molecule has 0 atom stereocenters. The predicted molar refractivity (Wildman–Crippen MR) is 47.0 cm³/mol. The van der Waals surface area contributed by atoms with Crippen molar-refractivity contribution in [3.05, 3.63) is 12.2 Å². The highest BCUT2D eigenvalue weighted by molar-refractivity contribution is 9.09. The molecule has 0 unspecified atom stereocenters. The van der Waals surface area contributed by atoms with Gasteiger partial charge in [0.15, 0.2) is 0 Å². The monoisotopic (exact) mass is 190 g/mol. The van der Waals surface area contributed by atoms with E-state index in [4.69, 9.17) is 0 Å². The minimum absolute atomic E-state index is 0.443. The van der Waals surface area contributed by atoms with E-state index in [-0.39, 0.29) is 0 Å². The molecule has 0 heterocycles. The minimum atomic E-state index is 0.443. The van der Waals surface area contributed by atoms with Crippen LogP contribution in [0.5, 0.6) is 0 Å². The number of rotatable bonds is 2. The summed E-state index contributed by atoms with van der Waals surface area (Å²) in [5.74, 6) is 0. The van der Waals surface area contributed by atoms with Gasteiger partial charge >= 0.3 is 0 Å². The predicted octanol–water partition coefficient (Wildman–Crippen LogP) is 3.37. The lowest BCUT2D eigenvalue weighted by atomic mass is 9.92. The Labute approximate surface area is 66.5 Å². The average molecular weight is 191 g/mol. The Balaban J connectivity index is 3.38. The smallest absolute Gasteiger partial charge is 0.0212 e. The summed E-state index contributed by atoms with van der Waals surface area (Å²) in [5, 5.41) is 0.975. The molecule has 0 N–H and O–H groups in total. The molecule has 0 bridgehead atoms. The quantitative estimate of drug-likeness (QED) is 0.463. The topological polar surface area (TPSA) is 0 Å². The van der Waals surface area contributed by atoms with Gasteiger partial charge in [0, 0.05) is 5.33 Å². The first-order valence-corrected chi connectivity index (χ1v) is 4.39. The number of hydrogen-bond donors (Lipinski definition) is 0. The Kier molecular flexibility index (Phi) is 4.20. The van der Waals surface area contributed by atoms with Crippen LogP contribution >= 0.6 is 15.9 Å². The second-order valence-electron chi connectivity index (χ2n) is 3.39. The molecule has 0 aromatic heterocycles. The van der Waals surface area contributed by atoms with Crippen molar-refractivity contribution in [3.8, 4) is 0 Å². The third-order valence-electron chi connectivity index (χ3n) is 0.986. The Hall–Kier alpha value is 0.220. The van der Waals surface area contributed by atoms with Gasteiger partial charge in [0.1, 0.15) is 0 Å². The fraction of sp³-hybridized carbons (Fsp3) is 0.750. The van der Waals surface area contributed by atoms with Gasteiger partial charge in [0.05, 0.1) is 0 Å². The summed E-state index contributed by atoms with van der Waals surface area (Å²) in [7, 11) is 0. The van der Waals surface area contributed by atoms with Gasteiger partial charge in [-0.25, -0.2) is 0 Å². The molecule has 0 aliphatic carbocycles. The number of halogens is 1. The highest BCUT2D eigenvalue weighted by Gasteiger charge is 2.05. The van der Waals surface area contributed by atoms with Crippen molar-refractivity contribution in [2.75, 3.05) is 5.33 Å². The average Bonchev–Trinajstić information content (AvgIpc) is 1.63. The van der Waals surface area contributed by atoms with Crippen molar-refractivity contribution < 1.29 is 0 Å². The lowest BCUT2D eigenvalue weighted by Crippen LogP contribution is -2.01. The molecular weight excluding hydrogens is 176 g/mol. The fourth-order valence-electron chi connectivity index (χ4n) is 0.500. The van der Waals surface area contributed by atoms with Gasteiger partial charge in [-0.1, -0.05) is 48.9 Å². The van der Waals surface area contributed by atoms with Crippen LogP contribution in [0.3, 0.4) is 0 Å². The van der Waals surface area contributed by atoms with Gasteiger partial charge in [-0.2, -0.15) is 0 Å². The lowest BCUT2D eigenvalue weighted by Gasteiger charge is -2.14. The molecule has 0 saturated heterocycles. The van der Waals surface area contributed by atoms with Gasteiger partial charge in [0.25, 0.3) is 0 Å². The molecule has 0 amide bonds. The van der Waals surface area contributed by atoms with E-state index >= 15 is 0 Å². The van der Waals surface area contributed by atoms with E-state index < -0.39 is 0 Å². The summed E-state index contributed by atoms with van der Waals surface area (Å²) in [5.41, 5.74) is 0.443. The van der Waals surface area contributed by atoms with E-state index in [9.17, 15) is 0 Å². The minimum Gasteiger partial charge on any atom is -0.0883 e. The second-order valence-corrected chi connectivity index (χ2v) is 4.04. The van der Waals surface area contributed by atoms with Crippen molar-refractivity contribution in [2.45, 2.75) is 27.2 Å². The van der Waals surface area contributed by atoms with Gasteiger partial charge in [0.2, 0.25) is 0 Å². The normalized spacial score (nSPS) is 12.9. The van der Waals surface area contributed by atoms with E-state index in [1.807, 2.05) is 0 Å². The van der Waals surface area contributed by atoms with Crippen molar-refractivity contribution in [1.82, 2.24) is 0 Å². The highest BCUT2D eigenvalue weighted by Crippen LogP contribution is 2.18. The van der Waals surface area contributed by atoms with Crippen molar-refractivity contribution >= 4 is 15.9 Å². The number of hydrogen-bond acceptors (Lipinski definition) is 0. The summed E-state index contributed by atoms with van der Waals surface area (Å²) in [6, 6.07) is 0. The van der Waals surface area contributed by atoms with Crippen LogP contribution in [0.4, 0.5) is 0 Å². The number of allylic oxidation sites excluding steroid dienone is 2. The lowest BCUT2D eigenvalue weighted by molar-refractivity contribution is 0.420. The molecule has 0 aromatic carbocycles. The molecule has 0 radical (unpaired) electrons. The van der Waals surface area contributed by atoms with Crippen molar-refractivity contribution in [3.63, 3.8) is 0 Å². The Bertz CT molecular complexity index is 87.2. The number of alkyl halides is 1. The molecule has 0 saturated carbocycles. The summed E-state index contributed by atoms with van der Waals surface area (Å²) in [6.07, 6.45) is 5.53. The standard InChI is InChI=1S/C8H15Br/c1-8(2,3)6-4-5-7-9/h4-5H,6-7H2,1-3H3/b5-4+. The molecule has 0 aliphatic heterocycles. The van der Waals surface area contributed by atoms with Gasteiger partial charge in [-0.3, -0.25) is 0 Å². The molecule has 0 spiro atoms. The van der Waals surface area contributed by atoms with Crippen molar-refractivity contribution in [2.24, 2.45) is 5.41 Å².